The molecule has 0 saturated carbocycles. The van der Waals surface area contributed by atoms with E-state index in [0.29, 0.717) is 0 Å². The lowest BCUT2D eigenvalue weighted by molar-refractivity contribution is -0.671. The summed E-state index contributed by atoms with van der Waals surface area (Å²) in [5.41, 5.74) is 2.41. The van der Waals surface area contributed by atoms with Crippen LogP contribution in [0.5, 0.6) is 11.5 Å². The molecule has 36 heavy (non-hydrogen) atoms. The zero-order chi connectivity index (χ0) is 25.3. The largest absolute Gasteiger partial charge is 0.494 e. The van der Waals surface area contributed by atoms with E-state index in [0.717, 1.165) is 50.5 Å². The molecule has 0 amide bonds. The van der Waals surface area contributed by atoms with E-state index in [1.54, 1.807) is 0 Å². The minimum absolute atomic E-state index is 0.789. The van der Waals surface area contributed by atoms with Crippen molar-refractivity contribution in [1.29, 1.82) is 0 Å². The van der Waals surface area contributed by atoms with Gasteiger partial charge in [0.1, 0.15) is 23.9 Å². The van der Waals surface area contributed by atoms with Crippen LogP contribution >= 0.6 is 0 Å². The highest BCUT2D eigenvalue weighted by Gasteiger charge is 2.02. The fourth-order valence-electron chi connectivity index (χ4n) is 4.46. The first-order valence-corrected chi connectivity index (χ1v) is 14.2. The van der Waals surface area contributed by atoms with Gasteiger partial charge in [-0.1, -0.05) is 82.6 Å². The zero-order valence-corrected chi connectivity index (χ0v) is 22.7. The van der Waals surface area contributed by atoms with Crippen molar-refractivity contribution >= 4 is 0 Å². The molecule has 0 spiro atoms. The number of imidazole rings is 1. The third-order valence-electron chi connectivity index (χ3n) is 6.71. The molecule has 3 aromatic rings. The standard InChI is InChI=1S/C32H47N2O2/c1-3-4-26-35-31-19-15-29(16-20-31)30-17-21-32(22-18-30)36-27-14-12-10-8-6-5-7-9-11-13-23-34-25-24-33(2)28-34/h15-22,24-25,28H,3-14,23,26-27H2,1-2H3/q+1. The molecule has 0 aliphatic carbocycles. The van der Waals surface area contributed by atoms with E-state index in [-0.39, 0.29) is 0 Å². The smallest absolute Gasteiger partial charge is 0.243 e. The molecule has 0 radical (unpaired) electrons. The number of nitrogens with zero attached hydrogens (tertiary/aromatic N) is 2. The maximum absolute atomic E-state index is 5.96. The van der Waals surface area contributed by atoms with Crippen LogP contribution in [0, 0.1) is 0 Å². The second-order valence-corrected chi connectivity index (χ2v) is 9.95. The number of hydrogen-bond donors (Lipinski definition) is 0. The summed E-state index contributed by atoms with van der Waals surface area (Å²) < 4.78 is 16.1. The second-order valence-electron chi connectivity index (χ2n) is 9.95. The molecule has 0 fully saturated rings. The van der Waals surface area contributed by atoms with E-state index >= 15 is 0 Å². The molecule has 4 heteroatoms. The second kappa shape index (κ2) is 16.8. The predicted molar refractivity (Wildman–Crippen MR) is 150 cm³/mol. The van der Waals surface area contributed by atoms with Crippen molar-refractivity contribution in [1.82, 2.24) is 4.57 Å². The lowest BCUT2D eigenvalue weighted by Gasteiger charge is -2.09. The Morgan fingerprint density at radius 3 is 1.56 bits per heavy atom. The average molecular weight is 492 g/mol. The van der Waals surface area contributed by atoms with Gasteiger partial charge in [-0.15, -0.1) is 0 Å². The Balaban J connectivity index is 1.16. The van der Waals surface area contributed by atoms with Crippen LogP contribution < -0.4 is 14.0 Å². The van der Waals surface area contributed by atoms with Gasteiger partial charge in [-0.05, 0) is 61.1 Å². The van der Waals surface area contributed by atoms with Crippen LogP contribution in [0.3, 0.4) is 0 Å². The van der Waals surface area contributed by atoms with Crippen molar-refractivity contribution in [2.24, 2.45) is 7.05 Å². The van der Waals surface area contributed by atoms with Gasteiger partial charge < -0.3 is 9.47 Å². The van der Waals surface area contributed by atoms with Crippen LogP contribution in [0.15, 0.2) is 67.3 Å². The van der Waals surface area contributed by atoms with Gasteiger partial charge in [0, 0.05) is 0 Å². The Morgan fingerprint density at radius 1 is 0.611 bits per heavy atom. The summed E-state index contributed by atoms with van der Waals surface area (Å²) in [6, 6.07) is 16.8. The Kier molecular flexibility index (Phi) is 13.0. The molecule has 0 aliphatic rings. The molecule has 1 aromatic heterocycles. The van der Waals surface area contributed by atoms with Crippen LogP contribution in [0.25, 0.3) is 11.1 Å². The number of hydrogen-bond acceptors (Lipinski definition) is 2. The van der Waals surface area contributed by atoms with Gasteiger partial charge in [0.2, 0.25) is 6.33 Å². The highest BCUT2D eigenvalue weighted by molar-refractivity contribution is 5.64. The maximum atomic E-state index is 5.96. The summed E-state index contributed by atoms with van der Waals surface area (Å²) in [5.74, 6) is 1.91. The monoisotopic (exact) mass is 491 g/mol. The quantitative estimate of drug-likeness (QED) is 0.125. The van der Waals surface area contributed by atoms with E-state index in [1.807, 2.05) is 0 Å². The molecule has 0 unspecified atom stereocenters. The lowest BCUT2D eigenvalue weighted by atomic mass is 10.1. The van der Waals surface area contributed by atoms with Crippen molar-refractivity contribution in [3.05, 3.63) is 67.3 Å². The van der Waals surface area contributed by atoms with Crippen molar-refractivity contribution in [2.45, 2.75) is 90.5 Å². The summed E-state index contributed by atoms with van der Waals surface area (Å²) in [7, 11) is 2.08. The fraction of sp³-hybridized carbons (Fsp3) is 0.531. The van der Waals surface area contributed by atoms with Gasteiger partial charge in [-0.2, -0.15) is 0 Å². The Labute approximate surface area is 219 Å². The van der Waals surface area contributed by atoms with Crippen molar-refractivity contribution < 1.29 is 14.0 Å². The molecule has 0 aliphatic heterocycles. The van der Waals surface area contributed by atoms with Gasteiger partial charge in [0.15, 0.2) is 0 Å². The van der Waals surface area contributed by atoms with Crippen molar-refractivity contribution in [3.8, 4) is 22.6 Å². The van der Waals surface area contributed by atoms with E-state index in [1.165, 1.54) is 68.9 Å². The summed E-state index contributed by atoms with van der Waals surface area (Å²) in [6.45, 7) is 4.92. The van der Waals surface area contributed by atoms with Gasteiger partial charge in [0.25, 0.3) is 0 Å². The molecule has 196 valence electrons. The van der Waals surface area contributed by atoms with Crippen LogP contribution in [0.1, 0.15) is 84.0 Å². The van der Waals surface area contributed by atoms with Crippen LogP contribution in [-0.4, -0.2) is 17.8 Å². The Morgan fingerprint density at radius 2 is 1.08 bits per heavy atom. The zero-order valence-electron chi connectivity index (χ0n) is 22.7. The molecular formula is C32H47N2O2+. The minimum Gasteiger partial charge on any atom is -0.494 e. The van der Waals surface area contributed by atoms with Gasteiger partial charge in [-0.3, -0.25) is 0 Å². The van der Waals surface area contributed by atoms with Crippen molar-refractivity contribution in [2.75, 3.05) is 13.2 Å². The highest BCUT2D eigenvalue weighted by Crippen LogP contribution is 2.25. The van der Waals surface area contributed by atoms with Crippen LogP contribution in [-0.2, 0) is 13.6 Å². The summed E-state index contributed by atoms with van der Waals surface area (Å²) >= 11 is 0. The third kappa shape index (κ3) is 10.9. The van der Waals surface area contributed by atoms with Crippen LogP contribution in [0.4, 0.5) is 0 Å². The third-order valence-corrected chi connectivity index (χ3v) is 6.71. The summed E-state index contributed by atoms with van der Waals surface area (Å²) in [5, 5.41) is 0. The first-order chi connectivity index (χ1) is 17.7. The number of benzene rings is 2. The van der Waals surface area contributed by atoms with E-state index in [9.17, 15) is 0 Å². The fourth-order valence-corrected chi connectivity index (χ4v) is 4.46. The molecule has 0 atom stereocenters. The number of aromatic nitrogens is 2. The molecule has 0 N–H and O–H groups in total. The Hall–Kier alpha value is -2.75. The van der Waals surface area contributed by atoms with Gasteiger partial charge in [0.05, 0.1) is 26.8 Å². The SMILES string of the molecule is CCCCOc1ccc(-c2ccc(OCCCCCCCCCCCCn3cc[n+](C)c3)cc2)cc1. The Bertz CT molecular complexity index is 947. The first kappa shape index (κ1) is 27.8. The minimum atomic E-state index is 0.789. The van der Waals surface area contributed by atoms with Gasteiger partial charge in [-0.25, -0.2) is 9.13 Å². The molecular weight excluding hydrogens is 444 g/mol. The summed E-state index contributed by atoms with van der Waals surface area (Å²) in [4.78, 5) is 0. The lowest BCUT2D eigenvalue weighted by Crippen LogP contribution is -2.23. The number of rotatable bonds is 19. The molecule has 1 heterocycles. The predicted octanol–water partition coefficient (Wildman–Crippen LogP) is 8.14. The van der Waals surface area contributed by atoms with E-state index < -0.39 is 0 Å². The number of aryl methyl sites for hydroxylation is 2. The van der Waals surface area contributed by atoms with E-state index in [4.69, 9.17) is 9.47 Å². The normalized spacial score (nSPS) is 11.1. The summed E-state index contributed by atoms with van der Waals surface area (Å²) in [6.07, 6.45) is 21.9. The van der Waals surface area contributed by atoms with Crippen LogP contribution in [0.2, 0.25) is 0 Å². The number of ether oxygens (including phenoxy) is 2. The van der Waals surface area contributed by atoms with Gasteiger partial charge >= 0.3 is 0 Å². The average Bonchev–Trinajstić information content (AvgIpc) is 3.32. The van der Waals surface area contributed by atoms with Crippen molar-refractivity contribution in [3.63, 3.8) is 0 Å². The number of unbranched alkanes of at least 4 members (excludes halogenated alkanes) is 10. The maximum Gasteiger partial charge on any atom is 0.243 e. The molecule has 0 bridgehead atoms. The molecule has 3 rings (SSSR count). The molecule has 2 aromatic carbocycles. The van der Waals surface area contributed by atoms with E-state index in [2.05, 4.69) is 90.4 Å². The highest BCUT2D eigenvalue weighted by atomic mass is 16.5. The molecule has 4 nitrogen and oxygen atoms in total. The topological polar surface area (TPSA) is 27.3 Å². The first-order valence-electron chi connectivity index (χ1n) is 14.2. The molecule has 0 saturated heterocycles.